The molecule has 0 fully saturated rings. The van der Waals surface area contributed by atoms with Crippen LogP contribution >= 0.6 is 11.6 Å². The van der Waals surface area contributed by atoms with E-state index in [1.807, 2.05) is 6.92 Å². The van der Waals surface area contributed by atoms with Gasteiger partial charge in [0.15, 0.2) is 0 Å². The van der Waals surface area contributed by atoms with E-state index in [0.29, 0.717) is 24.8 Å². The molecule has 1 amide bonds. The highest BCUT2D eigenvalue weighted by Crippen LogP contribution is 2.19. The summed E-state index contributed by atoms with van der Waals surface area (Å²) in [5.41, 5.74) is 0.0425. The molecule has 0 heterocycles. The van der Waals surface area contributed by atoms with E-state index in [0.717, 1.165) is 0 Å². The van der Waals surface area contributed by atoms with Gasteiger partial charge in [0.25, 0.3) is 0 Å². The van der Waals surface area contributed by atoms with Crippen LogP contribution in [0.1, 0.15) is 6.92 Å². The van der Waals surface area contributed by atoms with Crippen molar-refractivity contribution in [3.05, 3.63) is 29.0 Å². The lowest BCUT2D eigenvalue weighted by atomic mass is 10.3. The van der Waals surface area contributed by atoms with Gasteiger partial charge in [0.1, 0.15) is 12.4 Å². The van der Waals surface area contributed by atoms with Crippen LogP contribution in [0, 0.1) is 5.82 Å². The van der Waals surface area contributed by atoms with E-state index in [9.17, 15) is 9.18 Å². The molecule has 1 N–H and O–H groups in total. The van der Waals surface area contributed by atoms with Gasteiger partial charge < -0.3 is 14.8 Å². The van der Waals surface area contributed by atoms with Gasteiger partial charge >= 0.3 is 0 Å². The molecule has 1 aromatic rings. The van der Waals surface area contributed by atoms with E-state index in [-0.39, 0.29) is 12.3 Å². The Hall–Kier alpha value is -1.17. The van der Waals surface area contributed by atoms with Crippen molar-refractivity contribution in [1.82, 2.24) is 0 Å². The van der Waals surface area contributed by atoms with Gasteiger partial charge in [-0.25, -0.2) is 4.39 Å². The SMILES string of the molecule is CCOCCOCC(=O)Nc1cc(Cl)ccc1F. The van der Waals surface area contributed by atoms with Crippen molar-refractivity contribution in [1.29, 1.82) is 0 Å². The van der Waals surface area contributed by atoms with Gasteiger partial charge in [0.2, 0.25) is 5.91 Å². The number of ether oxygens (including phenoxy) is 2. The van der Waals surface area contributed by atoms with Gasteiger partial charge in [0, 0.05) is 11.6 Å². The Morgan fingerprint density at radius 2 is 2.11 bits per heavy atom. The minimum absolute atomic E-state index is 0.0425. The monoisotopic (exact) mass is 275 g/mol. The Morgan fingerprint density at radius 1 is 1.39 bits per heavy atom. The maximum Gasteiger partial charge on any atom is 0.250 e. The number of carbonyl (C=O) groups is 1. The van der Waals surface area contributed by atoms with Crippen molar-refractivity contribution in [2.24, 2.45) is 0 Å². The summed E-state index contributed by atoms with van der Waals surface area (Å²) >= 11 is 5.70. The van der Waals surface area contributed by atoms with Crippen LogP contribution in [-0.2, 0) is 14.3 Å². The first-order valence-corrected chi connectivity index (χ1v) is 5.91. The summed E-state index contributed by atoms with van der Waals surface area (Å²) in [6, 6.07) is 3.94. The molecule has 0 bridgehead atoms. The third-order valence-corrected chi connectivity index (χ3v) is 2.25. The Morgan fingerprint density at radius 3 is 2.83 bits per heavy atom. The second-order valence-corrected chi connectivity index (χ2v) is 3.86. The van der Waals surface area contributed by atoms with E-state index in [4.69, 9.17) is 21.1 Å². The largest absolute Gasteiger partial charge is 0.379 e. The summed E-state index contributed by atoms with van der Waals surface area (Å²) in [4.78, 5) is 11.4. The molecule has 1 aromatic carbocycles. The average molecular weight is 276 g/mol. The van der Waals surface area contributed by atoms with Crippen molar-refractivity contribution in [2.45, 2.75) is 6.92 Å². The highest BCUT2D eigenvalue weighted by atomic mass is 35.5. The van der Waals surface area contributed by atoms with Gasteiger partial charge in [-0.3, -0.25) is 4.79 Å². The predicted octanol–water partition coefficient (Wildman–Crippen LogP) is 2.47. The molecule has 0 aromatic heterocycles. The van der Waals surface area contributed by atoms with Gasteiger partial charge in [-0.1, -0.05) is 11.6 Å². The number of hydrogen-bond acceptors (Lipinski definition) is 3. The highest BCUT2D eigenvalue weighted by Gasteiger charge is 2.07. The molecule has 0 aliphatic heterocycles. The average Bonchev–Trinajstić information content (AvgIpc) is 2.33. The Bertz CT molecular complexity index is 401. The number of rotatable bonds is 7. The normalized spacial score (nSPS) is 10.4. The maximum atomic E-state index is 13.3. The zero-order valence-electron chi connectivity index (χ0n) is 10.0. The number of benzene rings is 1. The molecule has 0 aliphatic carbocycles. The first kappa shape index (κ1) is 14.9. The summed E-state index contributed by atoms with van der Waals surface area (Å²) in [6.07, 6.45) is 0. The van der Waals surface area contributed by atoms with Crippen molar-refractivity contribution in [2.75, 3.05) is 31.7 Å². The zero-order chi connectivity index (χ0) is 13.4. The highest BCUT2D eigenvalue weighted by molar-refractivity contribution is 6.30. The number of halogens is 2. The molecular formula is C12H15ClFNO3. The molecule has 100 valence electrons. The molecule has 0 unspecified atom stereocenters. The third kappa shape index (κ3) is 5.44. The molecular weight excluding hydrogens is 261 g/mol. The van der Waals surface area contributed by atoms with Crippen LogP contribution in [0.15, 0.2) is 18.2 Å². The molecule has 0 atom stereocenters. The van der Waals surface area contributed by atoms with E-state index >= 15 is 0 Å². The fourth-order valence-corrected chi connectivity index (χ4v) is 1.38. The van der Waals surface area contributed by atoms with Crippen molar-refractivity contribution < 1.29 is 18.7 Å². The van der Waals surface area contributed by atoms with Gasteiger partial charge in [-0.05, 0) is 25.1 Å². The quantitative estimate of drug-likeness (QED) is 0.778. The van der Waals surface area contributed by atoms with Crippen LogP contribution in [0.3, 0.4) is 0 Å². The van der Waals surface area contributed by atoms with Crippen molar-refractivity contribution in [3.8, 4) is 0 Å². The van der Waals surface area contributed by atoms with Crippen LogP contribution < -0.4 is 5.32 Å². The van der Waals surface area contributed by atoms with E-state index in [1.54, 1.807) is 0 Å². The lowest BCUT2D eigenvalue weighted by Gasteiger charge is -2.07. The summed E-state index contributed by atoms with van der Waals surface area (Å²) in [5.74, 6) is -0.977. The molecule has 0 aliphatic rings. The van der Waals surface area contributed by atoms with Gasteiger partial charge in [0.05, 0.1) is 18.9 Å². The van der Waals surface area contributed by atoms with Crippen LogP contribution in [0.25, 0.3) is 0 Å². The summed E-state index contributed by atoms with van der Waals surface area (Å²) in [5, 5.41) is 2.73. The molecule has 1 rings (SSSR count). The van der Waals surface area contributed by atoms with E-state index < -0.39 is 11.7 Å². The van der Waals surface area contributed by atoms with Crippen molar-refractivity contribution >= 4 is 23.2 Å². The Labute approximate surface area is 110 Å². The predicted molar refractivity (Wildman–Crippen MR) is 67.4 cm³/mol. The van der Waals surface area contributed by atoms with Crippen LogP contribution in [0.4, 0.5) is 10.1 Å². The summed E-state index contributed by atoms with van der Waals surface area (Å²) in [7, 11) is 0. The Balaban J connectivity index is 2.33. The second-order valence-electron chi connectivity index (χ2n) is 3.42. The lowest BCUT2D eigenvalue weighted by molar-refractivity contribution is -0.121. The minimum atomic E-state index is -0.540. The first-order chi connectivity index (χ1) is 8.63. The standard InChI is InChI=1S/C12H15ClFNO3/c1-2-17-5-6-18-8-12(16)15-11-7-9(13)3-4-10(11)14/h3-4,7H,2,5-6,8H2,1H3,(H,15,16). The number of carbonyl (C=O) groups excluding carboxylic acids is 1. The smallest absolute Gasteiger partial charge is 0.250 e. The van der Waals surface area contributed by atoms with Crippen LogP contribution in [-0.4, -0.2) is 32.3 Å². The number of anilines is 1. The zero-order valence-corrected chi connectivity index (χ0v) is 10.8. The lowest BCUT2D eigenvalue weighted by Crippen LogP contribution is -2.20. The topological polar surface area (TPSA) is 47.6 Å². The first-order valence-electron chi connectivity index (χ1n) is 5.54. The molecule has 6 heteroatoms. The fourth-order valence-electron chi connectivity index (χ4n) is 1.21. The number of hydrogen-bond donors (Lipinski definition) is 1. The number of amides is 1. The second kappa shape index (κ2) is 8.02. The minimum Gasteiger partial charge on any atom is -0.379 e. The van der Waals surface area contributed by atoms with Crippen LogP contribution in [0.5, 0.6) is 0 Å². The fraction of sp³-hybridized carbons (Fsp3) is 0.417. The van der Waals surface area contributed by atoms with Gasteiger partial charge in [-0.15, -0.1) is 0 Å². The number of nitrogens with one attached hydrogen (secondary N) is 1. The van der Waals surface area contributed by atoms with E-state index in [2.05, 4.69) is 5.32 Å². The molecule has 0 saturated heterocycles. The molecule has 0 spiro atoms. The Kier molecular flexibility index (Phi) is 6.64. The third-order valence-electron chi connectivity index (χ3n) is 2.01. The summed E-state index contributed by atoms with van der Waals surface area (Å²) in [6.45, 7) is 3.06. The maximum absolute atomic E-state index is 13.3. The van der Waals surface area contributed by atoms with E-state index in [1.165, 1.54) is 18.2 Å². The molecule has 4 nitrogen and oxygen atoms in total. The molecule has 0 radical (unpaired) electrons. The molecule has 0 saturated carbocycles. The van der Waals surface area contributed by atoms with Gasteiger partial charge in [-0.2, -0.15) is 0 Å². The van der Waals surface area contributed by atoms with Crippen molar-refractivity contribution in [3.63, 3.8) is 0 Å². The summed E-state index contributed by atoms with van der Waals surface area (Å²) < 4.78 is 23.4. The molecule has 18 heavy (non-hydrogen) atoms. The van der Waals surface area contributed by atoms with Crippen LogP contribution in [0.2, 0.25) is 5.02 Å².